The second kappa shape index (κ2) is 91.9. The van der Waals surface area contributed by atoms with Crippen molar-refractivity contribution in [3.63, 3.8) is 0 Å². The highest BCUT2D eigenvalue weighted by atomic mass is 16.6. The summed E-state index contributed by atoms with van der Waals surface area (Å²) >= 11 is 0. The molecule has 5 atom stereocenters. The number of hydrogen-bond donors (Lipinski definition) is 3. The van der Waals surface area contributed by atoms with Gasteiger partial charge in [-0.15, -0.1) is 0 Å². The minimum Gasteiger partial charge on any atom is -0.462 e. The SMILES string of the molecule is CCCCC(CCC)OC(=O)CCCCCCCCN(CCCCCCCCC=O)CCCNC(=O)c1cc(C(=O)NCCCN(CCCCCCCCC(=O)OC(CCC)CCCC)CCCCCCCCC(=O)OC(CCC)CCCC)cc(C(=O)NCCCN(CCCCCCCCC(=O)OC(CCC)CCCC)CCCCCCCCC(=O)OC(CCC)CCCC)c1. The molecule has 1 aromatic carbocycles. The predicted molar refractivity (Wildman–Crippen MR) is 548 cm³/mol. The van der Waals surface area contributed by atoms with Gasteiger partial charge in [-0.1, -0.05) is 320 Å². The van der Waals surface area contributed by atoms with Gasteiger partial charge in [-0.05, 0) is 238 Å². The van der Waals surface area contributed by atoms with E-state index in [9.17, 15) is 43.2 Å². The van der Waals surface area contributed by atoms with Crippen LogP contribution in [0.25, 0.3) is 0 Å². The molecule has 0 saturated heterocycles. The summed E-state index contributed by atoms with van der Waals surface area (Å²) in [7, 11) is 0. The van der Waals surface area contributed by atoms with Crippen molar-refractivity contribution in [2.24, 2.45) is 0 Å². The average molecular weight is 1860 g/mol. The summed E-state index contributed by atoms with van der Waals surface area (Å²) in [6, 6.07) is 4.91. The molecule has 0 bridgehead atoms. The fourth-order valence-corrected chi connectivity index (χ4v) is 18.0. The summed E-state index contributed by atoms with van der Waals surface area (Å²) in [6.07, 6.45) is 69.5. The normalized spacial score (nSPS) is 12.7. The first kappa shape index (κ1) is 125. The van der Waals surface area contributed by atoms with Gasteiger partial charge < -0.3 is 59.1 Å². The van der Waals surface area contributed by atoms with E-state index < -0.39 is 0 Å². The fourth-order valence-electron chi connectivity index (χ4n) is 18.0. The Kier molecular flexibility index (Phi) is 86.7. The van der Waals surface area contributed by atoms with Gasteiger partial charge >= 0.3 is 29.8 Å². The van der Waals surface area contributed by atoms with Crippen LogP contribution in [0.1, 0.15) is 550 Å². The molecule has 3 amide bonds. The molecule has 1 aromatic rings. The maximum atomic E-state index is 14.5. The van der Waals surface area contributed by atoms with E-state index in [1.807, 2.05) is 0 Å². The lowest BCUT2D eigenvalue weighted by Crippen LogP contribution is -2.33. The van der Waals surface area contributed by atoms with Crippen LogP contribution in [-0.4, -0.2) is 178 Å². The molecular weight excluding hydrogens is 1650 g/mol. The quantitative estimate of drug-likeness (QED) is 0.0237. The molecule has 0 saturated carbocycles. The van der Waals surface area contributed by atoms with E-state index in [1.54, 1.807) is 18.2 Å². The van der Waals surface area contributed by atoms with Crippen molar-refractivity contribution >= 4 is 53.9 Å². The van der Waals surface area contributed by atoms with Crippen LogP contribution in [0, 0.1) is 0 Å². The maximum Gasteiger partial charge on any atom is 0.306 e. The average Bonchev–Trinajstić information content (AvgIpc) is 0.824. The molecule has 0 aliphatic heterocycles. The molecule has 3 N–H and O–H groups in total. The Morgan fingerprint density at radius 2 is 0.402 bits per heavy atom. The minimum absolute atomic E-state index is 0.0376. The summed E-state index contributed by atoms with van der Waals surface area (Å²) in [6.45, 7) is 31.1. The second-order valence-electron chi connectivity index (χ2n) is 38.8. The number of benzene rings is 1. The summed E-state index contributed by atoms with van der Waals surface area (Å²) in [5.41, 5.74) is 0.799. The van der Waals surface area contributed by atoms with E-state index in [0.717, 1.165) is 476 Å². The summed E-state index contributed by atoms with van der Waals surface area (Å²) < 4.78 is 29.4. The number of aldehydes is 1. The summed E-state index contributed by atoms with van der Waals surface area (Å²) in [5.74, 6) is -1.28. The Bertz CT molecular complexity index is 2680. The molecule has 0 spiro atoms. The van der Waals surface area contributed by atoms with Crippen LogP contribution in [-0.2, 0) is 52.5 Å². The van der Waals surface area contributed by atoms with Gasteiger partial charge in [0.15, 0.2) is 0 Å². The van der Waals surface area contributed by atoms with Gasteiger partial charge in [0, 0.05) is 74.8 Å². The highest BCUT2D eigenvalue weighted by Crippen LogP contribution is 2.24. The second-order valence-corrected chi connectivity index (χ2v) is 38.8. The highest BCUT2D eigenvalue weighted by molar-refractivity contribution is 6.04. The van der Waals surface area contributed by atoms with Crippen LogP contribution in [0.3, 0.4) is 0 Å². The van der Waals surface area contributed by atoms with Gasteiger partial charge in [-0.25, -0.2) is 0 Å². The topological polar surface area (TPSA) is 246 Å². The van der Waals surface area contributed by atoms with Crippen LogP contribution in [0.5, 0.6) is 0 Å². The molecule has 0 fully saturated rings. The number of nitrogens with one attached hydrogen (secondary N) is 3. The Morgan fingerprint density at radius 1 is 0.227 bits per heavy atom. The lowest BCUT2D eigenvalue weighted by Gasteiger charge is -2.23. The zero-order valence-electron chi connectivity index (χ0n) is 87.2. The summed E-state index contributed by atoms with van der Waals surface area (Å²) in [5, 5.41) is 9.58. The third-order valence-electron chi connectivity index (χ3n) is 26.0. The maximum absolute atomic E-state index is 14.5. The minimum atomic E-state index is -0.330. The van der Waals surface area contributed by atoms with Crippen LogP contribution >= 0.6 is 0 Å². The molecule has 0 radical (unpaired) electrons. The van der Waals surface area contributed by atoms with E-state index in [1.165, 1.54) is 0 Å². The van der Waals surface area contributed by atoms with Crippen molar-refractivity contribution in [2.75, 3.05) is 78.5 Å². The Hall–Kier alpha value is -5.47. The largest absolute Gasteiger partial charge is 0.462 e. The number of carbonyl (C=O) groups is 9. The van der Waals surface area contributed by atoms with Crippen LogP contribution in [0.15, 0.2) is 18.2 Å². The van der Waals surface area contributed by atoms with Crippen molar-refractivity contribution < 1.29 is 66.8 Å². The third kappa shape index (κ3) is 74.7. The third-order valence-corrected chi connectivity index (χ3v) is 26.0. The number of nitrogens with zero attached hydrogens (tertiary/aromatic N) is 3. The predicted octanol–water partition coefficient (Wildman–Crippen LogP) is 28.0. The van der Waals surface area contributed by atoms with Gasteiger partial charge in [0.1, 0.15) is 36.8 Å². The van der Waals surface area contributed by atoms with Gasteiger partial charge in [0.05, 0.1) is 0 Å². The number of amides is 3. The van der Waals surface area contributed by atoms with Crippen molar-refractivity contribution in [3.8, 4) is 0 Å². The lowest BCUT2D eigenvalue weighted by atomic mass is 10.0. The number of hydrogen-bond acceptors (Lipinski definition) is 17. The number of carbonyl (C=O) groups excluding carboxylic acids is 9. The highest BCUT2D eigenvalue weighted by Gasteiger charge is 2.22. The smallest absolute Gasteiger partial charge is 0.306 e. The summed E-state index contributed by atoms with van der Waals surface area (Å²) in [4.78, 5) is 126. The Balaban J connectivity index is 3.45. The first-order valence-electron chi connectivity index (χ1n) is 56.0. The molecular formula is C112H206N6O14. The van der Waals surface area contributed by atoms with E-state index in [0.29, 0.717) is 58.2 Å². The van der Waals surface area contributed by atoms with Gasteiger partial charge in [-0.2, -0.15) is 0 Å². The first-order valence-corrected chi connectivity index (χ1v) is 56.0. The van der Waals surface area contributed by atoms with Crippen LogP contribution < -0.4 is 16.0 Å². The van der Waals surface area contributed by atoms with E-state index in [-0.39, 0.29) is 94.8 Å². The van der Waals surface area contributed by atoms with E-state index in [2.05, 4.69) is 99.9 Å². The number of ether oxygens (including phenoxy) is 5. The molecule has 0 heterocycles. The first-order chi connectivity index (χ1) is 64.5. The van der Waals surface area contributed by atoms with Crippen LogP contribution in [0.2, 0.25) is 0 Å². The van der Waals surface area contributed by atoms with Crippen LogP contribution in [0.4, 0.5) is 0 Å². The molecule has 0 aromatic heterocycles. The van der Waals surface area contributed by atoms with E-state index in [4.69, 9.17) is 23.7 Å². The monoisotopic (exact) mass is 1860 g/mol. The molecule has 5 unspecified atom stereocenters. The Morgan fingerprint density at radius 3 is 0.583 bits per heavy atom. The fraction of sp³-hybridized carbons (Fsp3) is 0.866. The molecule has 768 valence electrons. The standard InChI is InChI=1S/C112H206N6O14/c1-11-21-71-100(66-16-6)128-105(120)76-51-39-27-33-45-57-85-116(84-56-44-32-26-38-50-62-93-119)90-63-81-113-110(125)97-94-98(111(126)114-82-64-91-117(86-58-46-34-28-40-52-77-106(121)129-101(67-17-7)72-22-12-2)87-59-47-35-29-41-53-78-107(122)130-102(68-18-8)73-23-13-3)96-99(95-97)112(127)115-83-65-92-118(88-60-48-36-30-42-54-79-108(123)131-103(69-19-9)74-24-14-4)89-61-49-37-31-43-55-80-109(124)132-104(70-20-10)75-25-15-5/h93-96,100-104H,11-92H2,1-10H3,(H,113,125)(H,114,126)(H,115,127). The van der Waals surface area contributed by atoms with Gasteiger partial charge in [0.2, 0.25) is 0 Å². The molecule has 20 heteroatoms. The lowest BCUT2D eigenvalue weighted by molar-refractivity contribution is -0.151. The van der Waals surface area contributed by atoms with E-state index >= 15 is 0 Å². The van der Waals surface area contributed by atoms with Gasteiger partial charge in [0.25, 0.3) is 17.7 Å². The number of unbranched alkanes of at least 4 members (excludes halogenated alkanes) is 36. The number of esters is 5. The number of rotatable bonds is 99. The van der Waals surface area contributed by atoms with Crippen molar-refractivity contribution in [3.05, 3.63) is 34.9 Å². The molecule has 1 rings (SSSR count). The van der Waals surface area contributed by atoms with Crippen molar-refractivity contribution in [2.45, 2.75) is 549 Å². The molecule has 0 aliphatic carbocycles. The van der Waals surface area contributed by atoms with Crippen molar-refractivity contribution in [1.82, 2.24) is 30.7 Å². The zero-order chi connectivity index (χ0) is 96.4. The Labute approximate surface area is 809 Å². The van der Waals surface area contributed by atoms with Gasteiger partial charge in [-0.3, -0.25) is 38.4 Å². The molecule has 0 aliphatic rings. The zero-order valence-corrected chi connectivity index (χ0v) is 87.2. The molecule has 132 heavy (non-hydrogen) atoms. The molecule has 20 nitrogen and oxygen atoms in total. The van der Waals surface area contributed by atoms with Crippen molar-refractivity contribution in [1.29, 1.82) is 0 Å².